The SMILES string of the molecule is CCc1ccc(Cn2ncnc2CO)cc1. The molecule has 0 fully saturated rings. The minimum Gasteiger partial charge on any atom is -0.388 e. The molecule has 1 heterocycles. The van der Waals surface area contributed by atoms with E-state index in [9.17, 15) is 0 Å². The Morgan fingerprint density at radius 1 is 1.19 bits per heavy atom. The van der Waals surface area contributed by atoms with Crippen molar-refractivity contribution in [2.24, 2.45) is 0 Å². The van der Waals surface area contributed by atoms with Crippen molar-refractivity contribution < 1.29 is 5.11 Å². The van der Waals surface area contributed by atoms with Crippen LogP contribution in [0.4, 0.5) is 0 Å². The second kappa shape index (κ2) is 4.90. The van der Waals surface area contributed by atoms with Crippen LogP contribution in [0.15, 0.2) is 30.6 Å². The van der Waals surface area contributed by atoms with Crippen LogP contribution in [0.5, 0.6) is 0 Å². The first-order chi connectivity index (χ1) is 7.83. The summed E-state index contributed by atoms with van der Waals surface area (Å²) in [6.45, 7) is 2.71. The highest BCUT2D eigenvalue weighted by molar-refractivity contribution is 5.22. The smallest absolute Gasteiger partial charge is 0.152 e. The summed E-state index contributed by atoms with van der Waals surface area (Å²) in [5, 5.41) is 13.1. The molecule has 1 aromatic carbocycles. The van der Waals surface area contributed by atoms with Gasteiger partial charge in [0.05, 0.1) is 6.54 Å². The first-order valence-corrected chi connectivity index (χ1v) is 5.39. The fraction of sp³-hybridized carbons (Fsp3) is 0.333. The molecule has 0 atom stereocenters. The van der Waals surface area contributed by atoms with Crippen LogP contribution in [-0.2, 0) is 19.6 Å². The fourth-order valence-corrected chi connectivity index (χ4v) is 1.60. The van der Waals surface area contributed by atoms with Crippen LogP contribution < -0.4 is 0 Å². The quantitative estimate of drug-likeness (QED) is 0.841. The number of hydrogen-bond donors (Lipinski definition) is 1. The van der Waals surface area contributed by atoms with Gasteiger partial charge in [-0.25, -0.2) is 9.67 Å². The molecule has 0 saturated heterocycles. The Bertz CT molecular complexity index is 448. The first kappa shape index (κ1) is 10.8. The van der Waals surface area contributed by atoms with Gasteiger partial charge in [0.2, 0.25) is 0 Å². The van der Waals surface area contributed by atoms with Crippen molar-refractivity contribution in [3.05, 3.63) is 47.5 Å². The number of rotatable bonds is 4. The van der Waals surface area contributed by atoms with Gasteiger partial charge >= 0.3 is 0 Å². The lowest BCUT2D eigenvalue weighted by molar-refractivity contribution is 0.264. The lowest BCUT2D eigenvalue weighted by Gasteiger charge is -2.05. The minimum absolute atomic E-state index is 0.0763. The minimum atomic E-state index is -0.0763. The predicted octanol–water partition coefficient (Wildman–Crippen LogP) is 1.38. The molecule has 1 aromatic heterocycles. The van der Waals surface area contributed by atoms with E-state index in [0.29, 0.717) is 12.4 Å². The highest BCUT2D eigenvalue weighted by atomic mass is 16.3. The number of aliphatic hydroxyl groups excluding tert-OH is 1. The molecule has 4 heteroatoms. The molecule has 2 aromatic rings. The van der Waals surface area contributed by atoms with E-state index in [4.69, 9.17) is 5.11 Å². The zero-order valence-electron chi connectivity index (χ0n) is 9.30. The van der Waals surface area contributed by atoms with Gasteiger partial charge in [-0.1, -0.05) is 31.2 Å². The van der Waals surface area contributed by atoms with Crippen LogP contribution in [0, 0.1) is 0 Å². The van der Waals surface area contributed by atoms with Crippen molar-refractivity contribution in [2.75, 3.05) is 0 Å². The molecule has 0 aliphatic rings. The van der Waals surface area contributed by atoms with E-state index >= 15 is 0 Å². The molecule has 16 heavy (non-hydrogen) atoms. The topological polar surface area (TPSA) is 50.9 Å². The largest absolute Gasteiger partial charge is 0.388 e. The molecule has 2 rings (SSSR count). The van der Waals surface area contributed by atoms with E-state index in [-0.39, 0.29) is 6.61 Å². The maximum absolute atomic E-state index is 9.04. The van der Waals surface area contributed by atoms with Gasteiger partial charge in [0.15, 0.2) is 5.82 Å². The second-order valence-corrected chi connectivity index (χ2v) is 3.66. The Hall–Kier alpha value is -1.68. The summed E-state index contributed by atoms with van der Waals surface area (Å²) in [6, 6.07) is 8.40. The van der Waals surface area contributed by atoms with E-state index in [2.05, 4.69) is 41.3 Å². The number of aromatic nitrogens is 3. The zero-order chi connectivity index (χ0) is 11.4. The summed E-state index contributed by atoms with van der Waals surface area (Å²) in [4.78, 5) is 3.97. The van der Waals surface area contributed by atoms with Crippen LogP contribution in [0.1, 0.15) is 23.9 Å². The molecular formula is C12H15N3O. The van der Waals surface area contributed by atoms with Crippen molar-refractivity contribution in [2.45, 2.75) is 26.5 Å². The van der Waals surface area contributed by atoms with E-state index in [1.807, 2.05) is 0 Å². The van der Waals surface area contributed by atoms with Crippen LogP contribution in [-0.4, -0.2) is 19.9 Å². The third-order valence-corrected chi connectivity index (χ3v) is 2.60. The van der Waals surface area contributed by atoms with Gasteiger partial charge in [-0.2, -0.15) is 5.10 Å². The first-order valence-electron chi connectivity index (χ1n) is 5.39. The van der Waals surface area contributed by atoms with Gasteiger partial charge in [-0.05, 0) is 17.5 Å². The number of nitrogens with zero attached hydrogens (tertiary/aromatic N) is 3. The van der Waals surface area contributed by atoms with Gasteiger partial charge in [-0.15, -0.1) is 0 Å². The summed E-state index contributed by atoms with van der Waals surface area (Å²) in [5.41, 5.74) is 2.49. The lowest BCUT2D eigenvalue weighted by Crippen LogP contribution is -2.06. The van der Waals surface area contributed by atoms with Crippen molar-refractivity contribution in [1.29, 1.82) is 0 Å². The highest BCUT2D eigenvalue weighted by Crippen LogP contribution is 2.07. The van der Waals surface area contributed by atoms with Gasteiger partial charge in [0, 0.05) is 0 Å². The Morgan fingerprint density at radius 2 is 1.88 bits per heavy atom. The standard InChI is InChI=1S/C12H15N3O/c1-2-10-3-5-11(6-4-10)7-15-12(8-16)13-9-14-15/h3-6,9,16H,2,7-8H2,1H3. The molecule has 84 valence electrons. The number of aryl methyl sites for hydroxylation is 1. The Morgan fingerprint density at radius 3 is 2.50 bits per heavy atom. The van der Waals surface area contributed by atoms with Gasteiger partial charge in [-0.3, -0.25) is 0 Å². The molecule has 0 radical (unpaired) electrons. The normalized spacial score (nSPS) is 10.6. The van der Waals surface area contributed by atoms with Gasteiger partial charge in [0.25, 0.3) is 0 Å². The Kier molecular flexibility index (Phi) is 3.31. The lowest BCUT2D eigenvalue weighted by atomic mass is 10.1. The highest BCUT2D eigenvalue weighted by Gasteiger charge is 2.03. The van der Waals surface area contributed by atoms with E-state index in [1.165, 1.54) is 11.9 Å². The van der Waals surface area contributed by atoms with E-state index < -0.39 is 0 Å². The second-order valence-electron chi connectivity index (χ2n) is 3.66. The van der Waals surface area contributed by atoms with Gasteiger partial charge < -0.3 is 5.11 Å². The average Bonchev–Trinajstić information content (AvgIpc) is 2.77. The maximum Gasteiger partial charge on any atom is 0.152 e. The van der Waals surface area contributed by atoms with Crippen LogP contribution in [0.25, 0.3) is 0 Å². The summed E-state index contributed by atoms with van der Waals surface area (Å²) in [7, 11) is 0. The Balaban J connectivity index is 2.14. The van der Waals surface area contributed by atoms with Crippen molar-refractivity contribution in [1.82, 2.24) is 14.8 Å². The van der Waals surface area contributed by atoms with Gasteiger partial charge in [0.1, 0.15) is 12.9 Å². The molecule has 0 spiro atoms. The summed E-state index contributed by atoms with van der Waals surface area (Å²) < 4.78 is 1.71. The summed E-state index contributed by atoms with van der Waals surface area (Å²) in [5.74, 6) is 0.597. The molecule has 0 aliphatic carbocycles. The molecule has 0 aliphatic heterocycles. The number of benzene rings is 1. The maximum atomic E-state index is 9.04. The molecule has 4 nitrogen and oxygen atoms in total. The monoisotopic (exact) mass is 217 g/mol. The molecule has 1 N–H and O–H groups in total. The van der Waals surface area contributed by atoms with Crippen molar-refractivity contribution in [3.63, 3.8) is 0 Å². The third-order valence-electron chi connectivity index (χ3n) is 2.60. The van der Waals surface area contributed by atoms with Crippen molar-refractivity contribution >= 4 is 0 Å². The predicted molar refractivity (Wildman–Crippen MR) is 60.9 cm³/mol. The molecule has 0 bridgehead atoms. The van der Waals surface area contributed by atoms with E-state index in [1.54, 1.807) is 4.68 Å². The average molecular weight is 217 g/mol. The van der Waals surface area contributed by atoms with Crippen LogP contribution >= 0.6 is 0 Å². The fourth-order valence-electron chi connectivity index (χ4n) is 1.60. The zero-order valence-corrected chi connectivity index (χ0v) is 9.30. The summed E-state index contributed by atoms with van der Waals surface area (Å²) in [6.07, 6.45) is 2.51. The third kappa shape index (κ3) is 2.28. The van der Waals surface area contributed by atoms with Crippen molar-refractivity contribution in [3.8, 4) is 0 Å². The van der Waals surface area contributed by atoms with Crippen LogP contribution in [0.2, 0.25) is 0 Å². The Labute approximate surface area is 94.6 Å². The van der Waals surface area contributed by atoms with E-state index in [0.717, 1.165) is 12.0 Å². The summed E-state index contributed by atoms with van der Waals surface area (Å²) >= 11 is 0. The molecule has 0 saturated carbocycles. The number of aliphatic hydroxyl groups is 1. The molecule has 0 amide bonds. The number of hydrogen-bond acceptors (Lipinski definition) is 3. The molecule has 0 unspecified atom stereocenters. The van der Waals surface area contributed by atoms with Crippen LogP contribution in [0.3, 0.4) is 0 Å². The molecular weight excluding hydrogens is 202 g/mol.